The summed E-state index contributed by atoms with van der Waals surface area (Å²) in [4.78, 5) is 17.6. The first-order valence-electron chi connectivity index (χ1n) is 12.3. The molecular weight excluding hydrogens is 428 g/mol. The molecule has 0 amide bonds. The van der Waals surface area contributed by atoms with E-state index in [2.05, 4.69) is 35.9 Å². The Hall–Kier alpha value is -2.83. The SMILES string of the molecule is CCO[C@@H]1C[C@H]2CCCC(c3ccc(C(=O)O)cc3)(C1)N2Cc1c(OC)cc(C)c2[nH]ccc12. The number of rotatable bonds is 7. The van der Waals surface area contributed by atoms with E-state index >= 15 is 0 Å². The van der Waals surface area contributed by atoms with Crippen LogP contribution in [0, 0.1) is 6.92 Å². The Morgan fingerprint density at radius 3 is 2.76 bits per heavy atom. The van der Waals surface area contributed by atoms with Crippen LogP contribution in [0.15, 0.2) is 42.6 Å². The summed E-state index contributed by atoms with van der Waals surface area (Å²) >= 11 is 0. The molecule has 5 rings (SSSR count). The highest BCUT2D eigenvalue weighted by atomic mass is 16.5. The molecule has 3 atom stereocenters. The Balaban J connectivity index is 1.61. The largest absolute Gasteiger partial charge is 0.496 e. The van der Waals surface area contributed by atoms with Gasteiger partial charge in [0.15, 0.2) is 0 Å². The first kappa shape index (κ1) is 22.9. The van der Waals surface area contributed by atoms with Gasteiger partial charge in [-0.3, -0.25) is 4.90 Å². The number of carboxylic acids is 1. The number of aromatic amines is 1. The zero-order valence-corrected chi connectivity index (χ0v) is 20.3. The fourth-order valence-corrected chi connectivity index (χ4v) is 6.45. The number of aromatic carboxylic acids is 1. The molecule has 6 nitrogen and oxygen atoms in total. The second-order valence-corrected chi connectivity index (χ2v) is 9.75. The van der Waals surface area contributed by atoms with Crippen LogP contribution in [0.3, 0.4) is 0 Å². The summed E-state index contributed by atoms with van der Waals surface area (Å²) in [5.74, 6) is 0.0310. The lowest BCUT2D eigenvalue weighted by Gasteiger charge is -2.57. The molecule has 2 bridgehead atoms. The number of benzene rings is 2. The Labute approximate surface area is 200 Å². The molecule has 6 heteroatoms. The Bertz CT molecular complexity index is 1190. The van der Waals surface area contributed by atoms with Crippen LogP contribution in [0.1, 0.15) is 66.1 Å². The fraction of sp³-hybridized carbons (Fsp3) is 0.464. The highest BCUT2D eigenvalue weighted by molar-refractivity contribution is 5.88. The van der Waals surface area contributed by atoms with E-state index in [9.17, 15) is 9.90 Å². The molecule has 0 saturated carbocycles. The van der Waals surface area contributed by atoms with Gasteiger partial charge in [-0.25, -0.2) is 4.79 Å². The van der Waals surface area contributed by atoms with Crippen molar-refractivity contribution < 1.29 is 19.4 Å². The number of H-pyrrole nitrogens is 1. The molecule has 2 N–H and O–H groups in total. The van der Waals surface area contributed by atoms with Crippen molar-refractivity contribution in [2.75, 3.05) is 13.7 Å². The number of hydrogen-bond donors (Lipinski definition) is 2. The van der Waals surface area contributed by atoms with Crippen molar-refractivity contribution in [3.05, 3.63) is 64.8 Å². The van der Waals surface area contributed by atoms with Gasteiger partial charge in [0.2, 0.25) is 0 Å². The van der Waals surface area contributed by atoms with Crippen LogP contribution in [0.25, 0.3) is 10.9 Å². The third-order valence-corrected chi connectivity index (χ3v) is 7.95. The van der Waals surface area contributed by atoms with E-state index in [0.29, 0.717) is 18.2 Å². The van der Waals surface area contributed by atoms with Gasteiger partial charge in [0.05, 0.1) is 18.8 Å². The van der Waals surface area contributed by atoms with E-state index in [1.165, 1.54) is 22.1 Å². The predicted molar refractivity (Wildman–Crippen MR) is 132 cm³/mol. The summed E-state index contributed by atoms with van der Waals surface area (Å²) in [6.45, 7) is 5.67. The van der Waals surface area contributed by atoms with Crippen molar-refractivity contribution in [3.8, 4) is 5.75 Å². The van der Waals surface area contributed by atoms with Crippen molar-refractivity contribution >= 4 is 16.9 Å². The first-order valence-corrected chi connectivity index (χ1v) is 12.3. The van der Waals surface area contributed by atoms with E-state index in [-0.39, 0.29) is 11.6 Å². The number of carboxylic acid groups (broad SMARTS) is 1. The minimum atomic E-state index is -0.891. The van der Waals surface area contributed by atoms with Crippen LogP contribution in [0.2, 0.25) is 0 Å². The lowest BCUT2D eigenvalue weighted by Crippen LogP contribution is -2.60. The summed E-state index contributed by atoms with van der Waals surface area (Å²) in [5, 5.41) is 10.6. The van der Waals surface area contributed by atoms with Gasteiger partial charge in [0, 0.05) is 47.4 Å². The summed E-state index contributed by atoms with van der Waals surface area (Å²) in [5.41, 5.74) is 4.85. The molecule has 2 aliphatic rings. The zero-order valence-electron chi connectivity index (χ0n) is 20.3. The molecule has 180 valence electrons. The van der Waals surface area contributed by atoms with Crippen LogP contribution >= 0.6 is 0 Å². The van der Waals surface area contributed by atoms with E-state index < -0.39 is 5.97 Å². The number of carbonyl (C=O) groups is 1. The van der Waals surface area contributed by atoms with Crippen molar-refractivity contribution in [2.45, 2.75) is 70.2 Å². The summed E-state index contributed by atoms with van der Waals surface area (Å²) < 4.78 is 12.1. The summed E-state index contributed by atoms with van der Waals surface area (Å²) in [6, 6.07) is 12.2. The molecule has 3 aromatic rings. The van der Waals surface area contributed by atoms with Gasteiger partial charge in [0.25, 0.3) is 0 Å². The lowest BCUT2D eigenvalue weighted by atomic mass is 9.69. The van der Waals surface area contributed by atoms with Gasteiger partial charge in [-0.2, -0.15) is 0 Å². The number of piperidine rings is 2. The molecule has 0 aliphatic carbocycles. The molecule has 2 saturated heterocycles. The third kappa shape index (κ3) is 3.79. The van der Waals surface area contributed by atoms with Crippen molar-refractivity contribution in [1.82, 2.24) is 9.88 Å². The van der Waals surface area contributed by atoms with E-state index in [1.807, 2.05) is 18.3 Å². The maximum atomic E-state index is 11.5. The maximum absolute atomic E-state index is 11.5. The number of hydrogen-bond acceptors (Lipinski definition) is 4. The Kier molecular flexibility index (Phi) is 6.13. The van der Waals surface area contributed by atoms with E-state index in [0.717, 1.165) is 49.9 Å². The molecule has 1 unspecified atom stereocenters. The van der Waals surface area contributed by atoms with Gasteiger partial charge in [-0.05, 0) is 81.3 Å². The van der Waals surface area contributed by atoms with Crippen LogP contribution in [0.5, 0.6) is 5.75 Å². The number of nitrogens with zero attached hydrogens (tertiary/aromatic N) is 1. The number of aryl methyl sites for hydroxylation is 1. The van der Waals surface area contributed by atoms with Gasteiger partial charge in [-0.1, -0.05) is 12.1 Å². The van der Waals surface area contributed by atoms with Gasteiger partial charge in [-0.15, -0.1) is 0 Å². The monoisotopic (exact) mass is 462 g/mol. The second kappa shape index (κ2) is 9.08. The maximum Gasteiger partial charge on any atom is 0.335 e. The molecule has 34 heavy (non-hydrogen) atoms. The Morgan fingerprint density at radius 2 is 2.06 bits per heavy atom. The average molecular weight is 463 g/mol. The number of fused-ring (bicyclic) bond motifs is 3. The van der Waals surface area contributed by atoms with Crippen LogP contribution in [-0.2, 0) is 16.8 Å². The van der Waals surface area contributed by atoms with Crippen LogP contribution in [-0.4, -0.2) is 46.8 Å². The van der Waals surface area contributed by atoms with E-state index in [4.69, 9.17) is 9.47 Å². The molecule has 0 radical (unpaired) electrons. The molecule has 1 aromatic heterocycles. The minimum Gasteiger partial charge on any atom is -0.496 e. The highest BCUT2D eigenvalue weighted by Gasteiger charge is 2.50. The topological polar surface area (TPSA) is 74.8 Å². The van der Waals surface area contributed by atoms with Crippen molar-refractivity contribution in [2.24, 2.45) is 0 Å². The molecule has 2 aliphatic heterocycles. The van der Waals surface area contributed by atoms with Gasteiger partial charge >= 0.3 is 5.97 Å². The predicted octanol–water partition coefficient (Wildman–Crippen LogP) is 5.63. The summed E-state index contributed by atoms with van der Waals surface area (Å²) in [6.07, 6.45) is 7.47. The van der Waals surface area contributed by atoms with Gasteiger partial charge < -0.3 is 19.6 Å². The normalized spacial score (nSPS) is 24.9. The molecule has 3 heterocycles. The van der Waals surface area contributed by atoms with Gasteiger partial charge in [0.1, 0.15) is 5.75 Å². The first-order chi connectivity index (χ1) is 16.5. The van der Waals surface area contributed by atoms with E-state index in [1.54, 1.807) is 19.2 Å². The number of aromatic nitrogens is 1. The molecule has 0 spiro atoms. The standard InChI is InChI=1S/C28H34N2O4/c1-4-34-22-15-21-6-5-12-28(16-22,20-9-7-19(8-10-20)27(31)32)30(21)17-24-23-11-13-29-26(23)18(2)14-25(24)33-3/h7-11,13-14,21-22,29H,4-6,12,15-17H2,1-3H3,(H,31,32)/t21-,22-,28?/m1/s1. The van der Waals surface area contributed by atoms with Crippen molar-refractivity contribution in [1.29, 1.82) is 0 Å². The lowest BCUT2D eigenvalue weighted by molar-refractivity contribution is -0.115. The average Bonchev–Trinajstić information content (AvgIpc) is 3.32. The molecule has 2 fully saturated rings. The smallest absolute Gasteiger partial charge is 0.335 e. The number of ether oxygens (including phenoxy) is 2. The highest BCUT2D eigenvalue weighted by Crippen LogP contribution is 2.51. The third-order valence-electron chi connectivity index (χ3n) is 7.95. The molecular formula is C28H34N2O4. The van der Waals surface area contributed by atoms with Crippen LogP contribution < -0.4 is 4.74 Å². The fourth-order valence-electron chi connectivity index (χ4n) is 6.45. The zero-order chi connectivity index (χ0) is 23.9. The Morgan fingerprint density at radius 1 is 1.26 bits per heavy atom. The number of methoxy groups -OCH3 is 1. The number of nitrogens with one attached hydrogen (secondary N) is 1. The quantitative estimate of drug-likeness (QED) is 0.476. The molecule has 2 aromatic carbocycles. The van der Waals surface area contributed by atoms with Crippen molar-refractivity contribution in [3.63, 3.8) is 0 Å². The second-order valence-electron chi connectivity index (χ2n) is 9.75. The summed E-state index contributed by atoms with van der Waals surface area (Å²) in [7, 11) is 1.75. The minimum absolute atomic E-state index is 0.198. The van der Waals surface area contributed by atoms with Crippen LogP contribution in [0.4, 0.5) is 0 Å².